The van der Waals surface area contributed by atoms with Crippen LogP contribution in [0.1, 0.15) is 53.1 Å². The van der Waals surface area contributed by atoms with Crippen molar-refractivity contribution in [3.63, 3.8) is 0 Å². The van der Waals surface area contributed by atoms with E-state index in [9.17, 15) is 19.1 Å². The molecule has 1 saturated heterocycles. The number of likely N-dealkylation sites (N-methyl/N-ethyl adjacent to an activating group) is 1. The molecule has 3 heterocycles. The molecule has 0 saturated carbocycles. The summed E-state index contributed by atoms with van der Waals surface area (Å²) in [6, 6.07) is 3.22. The van der Waals surface area contributed by atoms with Crippen LogP contribution in [0.2, 0.25) is 0 Å². The summed E-state index contributed by atoms with van der Waals surface area (Å²) in [4.78, 5) is 31.7. The Kier molecular flexibility index (Phi) is 6.69. The zero-order chi connectivity index (χ0) is 24.4. The Bertz CT molecular complexity index is 1240. The van der Waals surface area contributed by atoms with Crippen molar-refractivity contribution in [2.75, 3.05) is 19.8 Å². The van der Waals surface area contributed by atoms with Crippen LogP contribution in [0.15, 0.2) is 45.4 Å². The number of nitrogens with zero attached hydrogens (tertiary/aromatic N) is 4. The number of halogens is 1. The molecule has 0 bridgehead atoms. The highest BCUT2D eigenvalue weighted by Crippen LogP contribution is 2.35. The monoisotopic (exact) mass is 467 g/mol. The molecule has 0 spiro atoms. The molecule has 34 heavy (non-hydrogen) atoms. The first kappa shape index (κ1) is 23.5. The number of nitrogens with one attached hydrogen (secondary N) is 1. The summed E-state index contributed by atoms with van der Waals surface area (Å²) in [7, 11) is 0. The van der Waals surface area contributed by atoms with Gasteiger partial charge in [0.05, 0.1) is 37.4 Å². The van der Waals surface area contributed by atoms with Crippen LogP contribution in [0.25, 0.3) is 6.08 Å². The van der Waals surface area contributed by atoms with Crippen molar-refractivity contribution in [2.24, 2.45) is 10.1 Å². The van der Waals surface area contributed by atoms with Gasteiger partial charge < -0.3 is 19.3 Å². The lowest BCUT2D eigenvalue weighted by molar-refractivity contribution is 0.0571. The van der Waals surface area contributed by atoms with Gasteiger partial charge >= 0.3 is 0 Å². The smallest absolute Gasteiger partial charge is 0.274 e. The van der Waals surface area contributed by atoms with Crippen LogP contribution in [0, 0.1) is 11.3 Å². The molecule has 0 aliphatic carbocycles. The van der Waals surface area contributed by atoms with Crippen LogP contribution in [-0.2, 0) is 11.3 Å². The van der Waals surface area contributed by atoms with Gasteiger partial charge in [-0.3, -0.25) is 14.6 Å². The fraction of sp³-hybridized carbons (Fsp3) is 0.375. The first-order valence-corrected chi connectivity index (χ1v) is 11.1. The zero-order valence-corrected chi connectivity index (χ0v) is 18.9. The molecule has 1 aromatic carbocycles. The fourth-order valence-electron chi connectivity index (χ4n) is 4.51. The number of carbonyl (C=O) groups is 1. The van der Waals surface area contributed by atoms with Gasteiger partial charge in [0, 0.05) is 24.5 Å². The van der Waals surface area contributed by atoms with E-state index >= 15 is 0 Å². The number of hydrogen-bond donors (Lipinski definition) is 2. The fourth-order valence-corrected chi connectivity index (χ4v) is 4.51. The summed E-state index contributed by atoms with van der Waals surface area (Å²) in [5.74, 6) is -1.54. The molecule has 4 rings (SSSR count). The van der Waals surface area contributed by atoms with E-state index in [1.807, 2.05) is 19.9 Å². The van der Waals surface area contributed by atoms with E-state index in [1.165, 1.54) is 18.5 Å². The minimum atomic E-state index is -1.10. The summed E-state index contributed by atoms with van der Waals surface area (Å²) in [6.45, 7) is 4.77. The second-order valence-corrected chi connectivity index (χ2v) is 8.20. The predicted molar refractivity (Wildman–Crippen MR) is 124 cm³/mol. The Labute approximate surface area is 195 Å². The van der Waals surface area contributed by atoms with Crippen LogP contribution in [0.5, 0.6) is 5.75 Å². The molecule has 2 aromatic rings. The number of carbonyl (C=O) groups excluding carboxylic acids is 1. The van der Waals surface area contributed by atoms with Crippen LogP contribution < -0.4 is 5.43 Å². The van der Waals surface area contributed by atoms with Crippen LogP contribution >= 0.6 is 0 Å². The molecule has 10 heteroatoms. The lowest BCUT2D eigenvalue weighted by atomic mass is 10.0. The maximum atomic E-state index is 14.3. The van der Waals surface area contributed by atoms with Gasteiger partial charge in [-0.25, -0.2) is 9.92 Å². The van der Waals surface area contributed by atoms with Crippen LogP contribution in [0.3, 0.4) is 0 Å². The number of hydrogen-bond acceptors (Lipinski definition) is 7. The highest BCUT2D eigenvalue weighted by atomic mass is 19.1. The van der Waals surface area contributed by atoms with Gasteiger partial charge in [-0.15, -0.1) is 0 Å². The molecular weight excluding hydrogens is 441 g/mol. The molecule has 1 aromatic heterocycles. The minimum Gasteiger partial charge on any atom is -0.503 e. The third-order valence-corrected chi connectivity index (χ3v) is 6.22. The second-order valence-electron chi connectivity index (χ2n) is 8.20. The van der Waals surface area contributed by atoms with Crippen molar-refractivity contribution in [3.05, 3.63) is 68.9 Å². The van der Waals surface area contributed by atoms with Gasteiger partial charge in [0.25, 0.3) is 5.91 Å². The Morgan fingerprint density at radius 1 is 1.32 bits per heavy atom. The first-order chi connectivity index (χ1) is 16.4. The Morgan fingerprint density at radius 2 is 2.09 bits per heavy atom. The quantitative estimate of drug-likeness (QED) is 0.478. The number of ether oxygens (including phenoxy) is 1. The van der Waals surface area contributed by atoms with E-state index < -0.39 is 28.9 Å². The maximum absolute atomic E-state index is 14.3. The summed E-state index contributed by atoms with van der Waals surface area (Å²) in [5, 5.41) is 14.1. The second kappa shape index (κ2) is 9.68. The Morgan fingerprint density at radius 3 is 2.76 bits per heavy atom. The van der Waals surface area contributed by atoms with Crippen molar-refractivity contribution in [1.29, 1.82) is 5.53 Å². The molecule has 2 aliphatic heterocycles. The van der Waals surface area contributed by atoms with E-state index in [4.69, 9.17) is 10.3 Å². The largest absolute Gasteiger partial charge is 0.503 e. The molecule has 3 atom stereocenters. The molecule has 2 aliphatic rings. The number of allylic oxidation sites excluding steroid dienone is 1. The van der Waals surface area contributed by atoms with Gasteiger partial charge in [0.15, 0.2) is 11.4 Å². The van der Waals surface area contributed by atoms with E-state index in [-0.39, 0.29) is 29.9 Å². The lowest BCUT2D eigenvalue weighted by Crippen LogP contribution is -2.51. The lowest BCUT2D eigenvalue weighted by Gasteiger charge is -2.38. The summed E-state index contributed by atoms with van der Waals surface area (Å²) in [6.07, 6.45) is 6.33. The van der Waals surface area contributed by atoms with Gasteiger partial charge in [0.2, 0.25) is 5.43 Å². The van der Waals surface area contributed by atoms with Gasteiger partial charge in [0.1, 0.15) is 11.9 Å². The van der Waals surface area contributed by atoms with Crippen molar-refractivity contribution in [2.45, 2.75) is 38.5 Å². The molecule has 1 fully saturated rings. The Hall–Kier alpha value is -3.66. The van der Waals surface area contributed by atoms with Gasteiger partial charge in [-0.1, -0.05) is 24.3 Å². The molecule has 9 nitrogen and oxygen atoms in total. The molecule has 0 radical (unpaired) electrons. The number of aromatic nitrogens is 1. The molecule has 1 amide bonds. The number of amides is 1. The third kappa shape index (κ3) is 4.05. The van der Waals surface area contributed by atoms with Crippen molar-refractivity contribution in [3.8, 4) is 5.75 Å². The number of aliphatic imine (C=N–C) groups is 1. The SMILES string of the molecule is CC=Cc1ccc(CN=CC(N=N)c2cn3c(c(O)c2=O)C(=O)N(CC)C2COCC23)c(F)c1. The van der Waals surface area contributed by atoms with E-state index in [0.29, 0.717) is 25.3 Å². The van der Waals surface area contributed by atoms with E-state index in [2.05, 4.69) is 10.1 Å². The summed E-state index contributed by atoms with van der Waals surface area (Å²) in [5.41, 5.74) is 7.79. The highest BCUT2D eigenvalue weighted by molar-refractivity contribution is 5.96. The minimum absolute atomic E-state index is 0.00524. The van der Waals surface area contributed by atoms with Crippen molar-refractivity contribution >= 4 is 18.2 Å². The average molecular weight is 468 g/mol. The van der Waals surface area contributed by atoms with Gasteiger partial charge in [-0.05, 0) is 25.5 Å². The molecule has 3 unspecified atom stereocenters. The van der Waals surface area contributed by atoms with Crippen LogP contribution in [-0.4, -0.2) is 52.5 Å². The molecule has 2 N–H and O–H groups in total. The molecular formula is C24H26FN5O4. The zero-order valence-electron chi connectivity index (χ0n) is 18.9. The number of aromatic hydroxyl groups is 1. The number of pyridine rings is 1. The number of benzene rings is 1. The highest BCUT2D eigenvalue weighted by Gasteiger charge is 2.44. The van der Waals surface area contributed by atoms with Crippen molar-refractivity contribution in [1.82, 2.24) is 9.47 Å². The predicted octanol–water partition coefficient (Wildman–Crippen LogP) is 3.48. The average Bonchev–Trinajstić information content (AvgIpc) is 3.30. The van der Waals surface area contributed by atoms with Crippen LogP contribution in [0.4, 0.5) is 4.39 Å². The van der Waals surface area contributed by atoms with E-state index in [0.717, 1.165) is 5.56 Å². The normalized spacial score (nSPS) is 20.7. The van der Waals surface area contributed by atoms with Crippen molar-refractivity contribution < 1.29 is 19.0 Å². The maximum Gasteiger partial charge on any atom is 0.274 e. The molecule has 178 valence electrons. The third-order valence-electron chi connectivity index (χ3n) is 6.22. The standard InChI is InChI=1S/C24H26FN5O4/c1-3-5-14-6-7-15(17(25)8-14)9-27-10-18(28-26)16-11-30-20-13-34-12-19(20)29(4-2)24(33)21(30)23(32)22(16)31/h3,5-8,10-11,18-20,26,32H,4,9,12-13H2,1-2H3. The summed E-state index contributed by atoms with van der Waals surface area (Å²) >= 11 is 0. The topological polar surface area (TPSA) is 120 Å². The summed E-state index contributed by atoms with van der Waals surface area (Å²) < 4.78 is 21.5. The van der Waals surface area contributed by atoms with Gasteiger partial charge in [-0.2, -0.15) is 5.11 Å². The van der Waals surface area contributed by atoms with E-state index in [1.54, 1.807) is 27.7 Å². The number of rotatable bonds is 7. The Balaban J connectivity index is 1.65. The first-order valence-electron chi connectivity index (χ1n) is 11.1. The number of fused-ring (bicyclic) bond motifs is 3.